The number of amides is 1. The van der Waals surface area contributed by atoms with E-state index >= 15 is 0 Å². The molecule has 0 bridgehead atoms. The second kappa shape index (κ2) is 7.86. The van der Waals surface area contributed by atoms with Crippen LogP contribution in [0.1, 0.15) is 43.3 Å². The van der Waals surface area contributed by atoms with E-state index in [-0.39, 0.29) is 6.04 Å². The molecule has 1 atom stereocenters. The van der Waals surface area contributed by atoms with Crippen LogP contribution in [0.15, 0.2) is 24.3 Å². The predicted octanol–water partition coefficient (Wildman–Crippen LogP) is 2.84. The van der Waals surface area contributed by atoms with Crippen LogP contribution < -0.4 is 11.1 Å². The lowest BCUT2D eigenvalue weighted by Crippen LogP contribution is -2.35. The first-order valence-corrected chi connectivity index (χ1v) is 8.35. The summed E-state index contributed by atoms with van der Waals surface area (Å²) in [7, 11) is 0. The summed E-state index contributed by atoms with van der Waals surface area (Å²) < 4.78 is 1.95. The maximum absolute atomic E-state index is 10.8. The SMILES string of the molecule is CCc1nn(C[C@@H](C)NC(=O)O)c(CC)c1Cc1ccc(N)cc1. The van der Waals surface area contributed by atoms with Crippen LogP contribution in [-0.4, -0.2) is 27.0 Å². The first-order valence-electron chi connectivity index (χ1n) is 8.35. The fourth-order valence-electron chi connectivity index (χ4n) is 2.98. The zero-order valence-electron chi connectivity index (χ0n) is 14.5. The highest BCUT2D eigenvalue weighted by atomic mass is 16.4. The Morgan fingerprint density at radius 1 is 1.29 bits per heavy atom. The van der Waals surface area contributed by atoms with Crippen molar-refractivity contribution in [2.45, 2.75) is 52.6 Å². The highest BCUT2D eigenvalue weighted by molar-refractivity contribution is 5.64. The number of carboxylic acid groups (broad SMARTS) is 1. The molecule has 0 radical (unpaired) electrons. The van der Waals surface area contributed by atoms with Gasteiger partial charge in [-0.1, -0.05) is 26.0 Å². The molecule has 4 N–H and O–H groups in total. The zero-order chi connectivity index (χ0) is 17.7. The average Bonchev–Trinajstić information content (AvgIpc) is 2.85. The molecule has 1 aromatic carbocycles. The van der Waals surface area contributed by atoms with Gasteiger partial charge in [0.15, 0.2) is 0 Å². The van der Waals surface area contributed by atoms with Crippen LogP contribution in [0.2, 0.25) is 0 Å². The quantitative estimate of drug-likeness (QED) is 0.681. The molecule has 1 amide bonds. The molecule has 0 aliphatic rings. The van der Waals surface area contributed by atoms with Crippen LogP contribution in [0.4, 0.5) is 10.5 Å². The molecule has 1 heterocycles. The zero-order valence-corrected chi connectivity index (χ0v) is 14.5. The normalized spacial score (nSPS) is 12.1. The van der Waals surface area contributed by atoms with Gasteiger partial charge in [0.2, 0.25) is 0 Å². The standard InChI is InChI=1S/C18H26N4O2/c1-4-16-15(10-13-6-8-14(19)9-7-13)17(5-2)22(21-16)11-12(3)20-18(23)24/h6-9,12,20H,4-5,10-11,19H2,1-3H3,(H,23,24)/t12-/m1/s1. The van der Waals surface area contributed by atoms with E-state index in [2.05, 4.69) is 19.2 Å². The third-order valence-corrected chi connectivity index (χ3v) is 4.10. The Morgan fingerprint density at radius 3 is 2.50 bits per heavy atom. The minimum atomic E-state index is -1.01. The Hall–Kier alpha value is -2.50. The lowest BCUT2D eigenvalue weighted by molar-refractivity contribution is 0.189. The van der Waals surface area contributed by atoms with Gasteiger partial charge in [-0.25, -0.2) is 4.79 Å². The van der Waals surface area contributed by atoms with E-state index in [0.29, 0.717) is 6.54 Å². The number of rotatable bonds is 7. The number of carbonyl (C=O) groups is 1. The molecule has 2 rings (SSSR count). The van der Waals surface area contributed by atoms with E-state index in [4.69, 9.17) is 15.9 Å². The Balaban J connectivity index is 2.29. The second-order valence-electron chi connectivity index (χ2n) is 6.03. The van der Waals surface area contributed by atoms with E-state index in [1.54, 1.807) is 0 Å². The van der Waals surface area contributed by atoms with E-state index in [9.17, 15) is 4.79 Å². The third kappa shape index (κ3) is 4.28. The number of aromatic nitrogens is 2. The number of aryl methyl sites for hydroxylation is 1. The van der Waals surface area contributed by atoms with Crippen LogP contribution in [-0.2, 0) is 25.8 Å². The first kappa shape index (κ1) is 17.8. The molecule has 130 valence electrons. The van der Waals surface area contributed by atoms with Gasteiger partial charge >= 0.3 is 6.09 Å². The number of anilines is 1. The number of nitrogen functional groups attached to an aromatic ring is 1. The number of nitrogens with zero attached hydrogens (tertiary/aromatic N) is 2. The molecule has 6 nitrogen and oxygen atoms in total. The van der Waals surface area contributed by atoms with Crippen molar-refractivity contribution in [1.82, 2.24) is 15.1 Å². The molecular weight excluding hydrogens is 304 g/mol. The van der Waals surface area contributed by atoms with Crippen LogP contribution in [0.3, 0.4) is 0 Å². The van der Waals surface area contributed by atoms with E-state index in [0.717, 1.165) is 30.6 Å². The van der Waals surface area contributed by atoms with Crippen molar-refractivity contribution in [3.8, 4) is 0 Å². The molecule has 2 aromatic rings. The first-order chi connectivity index (χ1) is 11.4. The molecule has 1 aromatic heterocycles. The van der Waals surface area contributed by atoms with Gasteiger partial charge in [0.05, 0.1) is 12.2 Å². The largest absolute Gasteiger partial charge is 0.465 e. The molecule has 0 saturated heterocycles. The maximum atomic E-state index is 10.8. The van der Waals surface area contributed by atoms with Crippen molar-refractivity contribution in [3.05, 3.63) is 46.8 Å². The Labute approximate surface area is 142 Å². The van der Waals surface area contributed by atoms with Crippen LogP contribution in [0.25, 0.3) is 0 Å². The maximum Gasteiger partial charge on any atom is 0.404 e. The van der Waals surface area contributed by atoms with Gasteiger partial charge in [0.25, 0.3) is 0 Å². The summed E-state index contributed by atoms with van der Waals surface area (Å²) in [4.78, 5) is 10.8. The molecule has 0 aliphatic heterocycles. The predicted molar refractivity (Wildman–Crippen MR) is 95.3 cm³/mol. The number of hydrogen-bond acceptors (Lipinski definition) is 3. The minimum Gasteiger partial charge on any atom is -0.465 e. The molecule has 0 saturated carbocycles. The number of benzene rings is 1. The number of nitrogens with one attached hydrogen (secondary N) is 1. The van der Waals surface area contributed by atoms with Crippen molar-refractivity contribution in [3.63, 3.8) is 0 Å². The molecular formula is C18H26N4O2. The lowest BCUT2D eigenvalue weighted by Gasteiger charge is -2.14. The molecule has 6 heteroatoms. The molecule has 0 spiro atoms. The molecule has 0 unspecified atom stereocenters. The van der Waals surface area contributed by atoms with Crippen LogP contribution >= 0.6 is 0 Å². The average molecular weight is 330 g/mol. The summed E-state index contributed by atoms with van der Waals surface area (Å²) in [6.07, 6.45) is 1.51. The Kier molecular flexibility index (Phi) is 5.84. The summed E-state index contributed by atoms with van der Waals surface area (Å²) in [6.45, 7) is 6.58. The van der Waals surface area contributed by atoms with Crippen molar-refractivity contribution in [1.29, 1.82) is 0 Å². The summed E-state index contributed by atoms with van der Waals surface area (Å²) in [5.74, 6) is 0. The third-order valence-electron chi connectivity index (χ3n) is 4.10. The fourth-order valence-corrected chi connectivity index (χ4v) is 2.98. The van der Waals surface area contributed by atoms with Crippen molar-refractivity contribution in [2.24, 2.45) is 0 Å². The van der Waals surface area contributed by atoms with Crippen molar-refractivity contribution in [2.75, 3.05) is 5.73 Å². The second-order valence-corrected chi connectivity index (χ2v) is 6.03. The van der Waals surface area contributed by atoms with Gasteiger partial charge in [-0.3, -0.25) is 4.68 Å². The van der Waals surface area contributed by atoms with E-state index in [1.807, 2.05) is 35.9 Å². The van der Waals surface area contributed by atoms with Crippen molar-refractivity contribution < 1.29 is 9.90 Å². The van der Waals surface area contributed by atoms with Gasteiger partial charge in [-0.05, 0) is 37.5 Å². The number of nitrogens with two attached hydrogens (primary N) is 1. The summed E-state index contributed by atoms with van der Waals surface area (Å²) >= 11 is 0. The van der Waals surface area contributed by atoms with Gasteiger partial charge < -0.3 is 16.2 Å². The highest BCUT2D eigenvalue weighted by Gasteiger charge is 2.18. The Morgan fingerprint density at radius 2 is 1.96 bits per heavy atom. The molecule has 0 aliphatic carbocycles. The van der Waals surface area contributed by atoms with Gasteiger partial charge in [-0.15, -0.1) is 0 Å². The van der Waals surface area contributed by atoms with Gasteiger partial charge in [-0.2, -0.15) is 5.10 Å². The molecule has 24 heavy (non-hydrogen) atoms. The van der Waals surface area contributed by atoms with E-state index in [1.165, 1.54) is 16.8 Å². The smallest absolute Gasteiger partial charge is 0.404 e. The summed E-state index contributed by atoms with van der Waals surface area (Å²) in [6, 6.07) is 7.72. The molecule has 0 fully saturated rings. The summed E-state index contributed by atoms with van der Waals surface area (Å²) in [5.41, 5.74) is 11.2. The lowest BCUT2D eigenvalue weighted by atomic mass is 10.0. The highest BCUT2D eigenvalue weighted by Crippen LogP contribution is 2.21. The topological polar surface area (TPSA) is 93.2 Å². The monoisotopic (exact) mass is 330 g/mol. The minimum absolute atomic E-state index is 0.193. The van der Waals surface area contributed by atoms with Crippen molar-refractivity contribution >= 4 is 11.8 Å². The van der Waals surface area contributed by atoms with Gasteiger partial charge in [0, 0.05) is 29.4 Å². The number of hydrogen-bond donors (Lipinski definition) is 3. The fraction of sp³-hybridized carbons (Fsp3) is 0.444. The van der Waals surface area contributed by atoms with Crippen LogP contribution in [0, 0.1) is 0 Å². The van der Waals surface area contributed by atoms with Crippen LogP contribution in [0.5, 0.6) is 0 Å². The summed E-state index contributed by atoms with van der Waals surface area (Å²) in [5, 5.41) is 16.1. The Bertz CT molecular complexity index is 692. The van der Waals surface area contributed by atoms with E-state index < -0.39 is 6.09 Å². The van der Waals surface area contributed by atoms with Gasteiger partial charge in [0.1, 0.15) is 0 Å².